The van der Waals surface area contributed by atoms with E-state index in [0.717, 1.165) is 0 Å². The number of benzene rings is 1. The van der Waals surface area contributed by atoms with Crippen molar-refractivity contribution in [3.05, 3.63) is 64.4 Å². The van der Waals surface area contributed by atoms with Crippen LogP contribution in [0.4, 0.5) is 8.78 Å². The fourth-order valence-corrected chi connectivity index (χ4v) is 2.06. The topological polar surface area (TPSA) is 24.9 Å². The zero-order valence-corrected chi connectivity index (χ0v) is 11.1. The third kappa shape index (κ3) is 3.08. The van der Waals surface area contributed by atoms with Gasteiger partial charge in [0, 0.05) is 16.8 Å². The predicted molar refractivity (Wildman–Crippen MR) is 71.1 cm³/mol. The first-order valence-electron chi connectivity index (χ1n) is 5.92. The average molecular weight is 283 g/mol. The minimum atomic E-state index is -0.636. The Kier molecular flexibility index (Phi) is 4.45. The molecule has 0 saturated carbocycles. The van der Waals surface area contributed by atoms with Gasteiger partial charge in [-0.05, 0) is 30.8 Å². The fourth-order valence-electron chi connectivity index (χ4n) is 1.90. The summed E-state index contributed by atoms with van der Waals surface area (Å²) in [6, 6.07) is 6.50. The van der Waals surface area contributed by atoms with Gasteiger partial charge in [-0.25, -0.2) is 8.78 Å². The van der Waals surface area contributed by atoms with E-state index in [1.807, 2.05) is 6.92 Å². The molecule has 1 unspecified atom stereocenters. The molecule has 0 bridgehead atoms. The number of hydrogen-bond donors (Lipinski definition) is 1. The minimum absolute atomic E-state index is 0.172. The maximum atomic E-state index is 14.0. The molecule has 1 aromatic heterocycles. The Hall–Kier alpha value is -1.52. The van der Waals surface area contributed by atoms with E-state index < -0.39 is 17.7 Å². The van der Waals surface area contributed by atoms with E-state index in [1.165, 1.54) is 24.4 Å². The van der Waals surface area contributed by atoms with Crippen LogP contribution in [0, 0.1) is 11.6 Å². The van der Waals surface area contributed by atoms with Gasteiger partial charge in [-0.1, -0.05) is 24.6 Å². The SMILES string of the molecule is CCNC(c1ccc(Cl)cc1F)c1ncccc1F. The summed E-state index contributed by atoms with van der Waals surface area (Å²) >= 11 is 5.73. The second kappa shape index (κ2) is 6.08. The highest BCUT2D eigenvalue weighted by Gasteiger charge is 2.21. The summed E-state index contributed by atoms with van der Waals surface area (Å²) in [6.45, 7) is 2.42. The highest BCUT2D eigenvalue weighted by molar-refractivity contribution is 6.30. The molecule has 1 aromatic carbocycles. The first-order valence-corrected chi connectivity index (χ1v) is 6.30. The van der Waals surface area contributed by atoms with Gasteiger partial charge in [-0.2, -0.15) is 0 Å². The first kappa shape index (κ1) is 13.9. The molecule has 0 aliphatic rings. The maximum absolute atomic E-state index is 14.0. The van der Waals surface area contributed by atoms with Crippen LogP contribution in [0.2, 0.25) is 5.02 Å². The molecule has 1 heterocycles. The Morgan fingerprint density at radius 2 is 2.05 bits per heavy atom. The molecule has 0 saturated heterocycles. The number of halogens is 3. The second-order valence-corrected chi connectivity index (χ2v) is 4.46. The molecule has 2 rings (SSSR count). The molecule has 100 valence electrons. The van der Waals surface area contributed by atoms with E-state index in [9.17, 15) is 8.78 Å². The molecule has 5 heteroatoms. The molecule has 0 radical (unpaired) electrons. The van der Waals surface area contributed by atoms with E-state index >= 15 is 0 Å². The molecular weight excluding hydrogens is 270 g/mol. The molecule has 2 nitrogen and oxygen atoms in total. The summed E-state index contributed by atoms with van der Waals surface area (Å²) in [5.74, 6) is -0.952. The van der Waals surface area contributed by atoms with Crippen LogP contribution in [0.1, 0.15) is 24.2 Å². The van der Waals surface area contributed by atoms with Crippen LogP contribution in [0.15, 0.2) is 36.5 Å². The molecule has 19 heavy (non-hydrogen) atoms. The number of rotatable bonds is 4. The monoisotopic (exact) mass is 282 g/mol. The molecule has 0 spiro atoms. The van der Waals surface area contributed by atoms with E-state index in [4.69, 9.17) is 11.6 Å². The van der Waals surface area contributed by atoms with Crippen molar-refractivity contribution in [2.45, 2.75) is 13.0 Å². The largest absolute Gasteiger partial charge is 0.305 e. The molecular formula is C14H13ClF2N2. The molecule has 0 aliphatic carbocycles. The highest BCUT2D eigenvalue weighted by Crippen LogP contribution is 2.26. The summed E-state index contributed by atoms with van der Waals surface area (Å²) in [4.78, 5) is 4.00. The van der Waals surface area contributed by atoms with Crippen LogP contribution < -0.4 is 5.32 Å². The number of nitrogens with zero attached hydrogens (tertiary/aromatic N) is 1. The van der Waals surface area contributed by atoms with Gasteiger partial charge >= 0.3 is 0 Å². The summed E-state index contributed by atoms with van der Waals surface area (Å²) in [7, 11) is 0. The van der Waals surface area contributed by atoms with Crippen molar-refractivity contribution in [3.63, 3.8) is 0 Å². The Morgan fingerprint density at radius 1 is 1.26 bits per heavy atom. The Bertz CT molecular complexity index is 575. The van der Waals surface area contributed by atoms with Crippen molar-refractivity contribution >= 4 is 11.6 Å². The van der Waals surface area contributed by atoms with Gasteiger partial charge < -0.3 is 5.32 Å². The van der Waals surface area contributed by atoms with Gasteiger partial charge in [-0.3, -0.25) is 4.98 Å². The Labute approximate surface area is 115 Å². The zero-order valence-electron chi connectivity index (χ0n) is 10.3. The number of nitrogens with one attached hydrogen (secondary N) is 1. The molecule has 0 aliphatic heterocycles. The van der Waals surface area contributed by atoms with Gasteiger partial charge in [0.25, 0.3) is 0 Å². The average Bonchev–Trinajstić information content (AvgIpc) is 2.38. The maximum Gasteiger partial charge on any atom is 0.146 e. The van der Waals surface area contributed by atoms with Crippen LogP contribution in [0.3, 0.4) is 0 Å². The number of aromatic nitrogens is 1. The third-order valence-corrected chi connectivity index (χ3v) is 2.98. The standard InChI is InChI=1S/C14H13ClF2N2/c1-2-18-13(14-11(16)4-3-7-19-14)10-6-5-9(15)8-12(10)17/h3-8,13,18H,2H2,1H3. The Morgan fingerprint density at radius 3 is 2.68 bits per heavy atom. The van der Waals surface area contributed by atoms with Crippen molar-refractivity contribution < 1.29 is 8.78 Å². The summed E-state index contributed by atoms with van der Waals surface area (Å²) in [5.41, 5.74) is 0.495. The van der Waals surface area contributed by atoms with E-state index in [-0.39, 0.29) is 5.69 Å². The lowest BCUT2D eigenvalue weighted by Crippen LogP contribution is -2.25. The smallest absolute Gasteiger partial charge is 0.146 e. The summed E-state index contributed by atoms with van der Waals surface area (Å²) in [5, 5.41) is 3.33. The van der Waals surface area contributed by atoms with Crippen molar-refractivity contribution in [2.75, 3.05) is 6.54 Å². The first-order chi connectivity index (χ1) is 9.13. The predicted octanol–water partition coefficient (Wildman–Crippen LogP) is 3.71. The minimum Gasteiger partial charge on any atom is -0.305 e. The van der Waals surface area contributed by atoms with Gasteiger partial charge in [0.15, 0.2) is 0 Å². The lowest BCUT2D eigenvalue weighted by molar-refractivity contribution is 0.518. The van der Waals surface area contributed by atoms with Crippen molar-refractivity contribution in [2.24, 2.45) is 0 Å². The lowest BCUT2D eigenvalue weighted by atomic mass is 10.0. The normalized spacial score (nSPS) is 12.4. The lowest BCUT2D eigenvalue weighted by Gasteiger charge is -2.19. The molecule has 1 atom stereocenters. The molecule has 0 amide bonds. The van der Waals surface area contributed by atoms with Crippen LogP contribution in [-0.2, 0) is 0 Å². The quantitative estimate of drug-likeness (QED) is 0.925. The summed E-state index contributed by atoms with van der Waals surface area (Å²) in [6.07, 6.45) is 1.48. The number of hydrogen-bond acceptors (Lipinski definition) is 2. The number of pyridine rings is 1. The molecule has 2 aromatic rings. The van der Waals surface area contributed by atoms with E-state index in [1.54, 1.807) is 12.1 Å². The van der Waals surface area contributed by atoms with Gasteiger partial charge in [0.05, 0.1) is 11.7 Å². The third-order valence-electron chi connectivity index (χ3n) is 2.74. The van der Waals surface area contributed by atoms with Crippen LogP contribution in [-0.4, -0.2) is 11.5 Å². The van der Waals surface area contributed by atoms with Crippen molar-refractivity contribution in [3.8, 4) is 0 Å². The van der Waals surface area contributed by atoms with E-state index in [2.05, 4.69) is 10.3 Å². The van der Waals surface area contributed by atoms with Crippen molar-refractivity contribution in [1.29, 1.82) is 0 Å². The van der Waals surface area contributed by atoms with Crippen LogP contribution >= 0.6 is 11.6 Å². The van der Waals surface area contributed by atoms with Gasteiger partial charge in [0.2, 0.25) is 0 Å². The molecule has 0 fully saturated rings. The van der Waals surface area contributed by atoms with Crippen LogP contribution in [0.5, 0.6) is 0 Å². The van der Waals surface area contributed by atoms with Gasteiger partial charge in [-0.15, -0.1) is 0 Å². The van der Waals surface area contributed by atoms with Gasteiger partial charge in [0.1, 0.15) is 11.6 Å². The highest BCUT2D eigenvalue weighted by atomic mass is 35.5. The van der Waals surface area contributed by atoms with Crippen LogP contribution in [0.25, 0.3) is 0 Å². The Balaban J connectivity index is 2.48. The van der Waals surface area contributed by atoms with E-state index in [0.29, 0.717) is 17.1 Å². The second-order valence-electron chi connectivity index (χ2n) is 4.03. The van der Waals surface area contributed by atoms with Crippen molar-refractivity contribution in [1.82, 2.24) is 10.3 Å². The fraction of sp³-hybridized carbons (Fsp3) is 0.214. The molecule has 1 N–H and O–H groups in total. The summed E-state index contributed by atoms with van der Waals surface area (Å²) < 4.78 is 27.8. The zero-order chi connectivity index (χ0) is 13.8.